The lowest BCUT2D eigenvalue weighted by Gasteiger charge is -2.33. The van der Waals surface area contributed by atoms with Gasteiger partial charge in [-0.3, -0.25) is 9.69 Å². The van der Waals surface area contributed by atoms with Gasteiger partial charge in [-0.2, -0.15) is 4.90 Å². The van der Waals surface area contributed by atoms with Gasteiger partial charge in [0.05, 0.1) is 6.61 Å². The number of aliphatic carboxylic acids is 1. The molecule has 0 heterocycles. The van der Waals surface area contributed by atoms with Gasteiger partial charge in [0.15, 0.2) is 5.75 Å². The van der Waals surface area contributed by atoms with E-state index in [1.165, 1.54) is 25.1 Å². The molecule has 270 valence electrons. The molecule has 1 atom stereocenters. The summed E-state index contributed by atoms with van der Waals surface area (Å²) >= 11 is 0. The molecule has 2 aromatic carbocycles. The third-order valence-corrected chi connectivity index (χ3v) is 6.97. The zero-order chi connectivity index (χ0) is 37.1. The van der Waals surface area contributed by atoms with E-state index in [4.69, 9.17) is 18.9 Å². The molecule has 1 unspecified atom stereocenters. The number of amides is 2. The first-order chi connectivity index (χ1) is 22.9. The van der Waals surface area contributed by atoms with Crippen LogP contribution in [-0.2, 0) is 20.7 Å². The summed E-state index contributed by atoms with van der Waals surface area (Å²) in [6, 6.07) is 6.74. The van der Waals surface area contributed by atoms with Crippen molar-refractivity contribution in [2.24, 2.45) is 0 Å². The molecule has 0 aliphatic rings. The first-order valence-corrected chi connectivity index (χ1v) is 16.4. The molecule has 0 aromatic heterocycles. The highest BCUT2D eigenvalue weighted by Gasteiger charge is 2.41. The topological polar surface area (TPSA) is 132 Å². The van der Waals surface area contributed by atoms with Crippen LogP contribution in [0.25, 0.3) is 0 Å². The van der Waals surface area contributed by atoms with Gasteiger partial charge in [0.1, 0.15) is 40.1 Å². The van der Waals surface area contributed by atoms with Gasteiger partial charge in [0.2, 0.25) is 0 Å². The van der Waals surface area contributed by atoms with Gasteiger partial charge in [0.25, 0.3) is 0 Å². The van der Waals surface area contributed by atoms with Crippen LogP contribution in [-0.4, -0.2) is 71.1 Å². The van der Waals surface area contributed by atoms with Crippen molar-refractivity contribution in [1.29, 1.82) is 0 Å². The van der Waals surface area contributed by atoms with E-state index in [2.05, 4.69) is 6.58 Å². The number of carbonyl (C=O) groups is 4. The number of esters is 1. The third kappa shape index (κ3) is 11.6. The fourth-order valence-electron chi connectivity index (χ4n) is 4.91. The number of anilines is 1. The molecule has 49 heavy (non-hydrogen) atoms. The maximum atomic E-state index is 17.0. The van der Waals surface area contributed by atoms with Gasteiger partial charge in [-0.1, -0.05) is 44.5 Å². The monoisotopic (exact) mass is 686 g/mol. The van der Waals surface area contributed by atoms with Crippen LogP contribution in [0.1, 0.15) is 96.1 Å². The summed E-state index contributed by atoms with van der Waals surface area (Å²) in [6.07, 6.45) is 0.217. The summed E-state index contributed by atoms with van der Waals surface area (Å²) in [6.45, 7) is 18.8. The minimum atomic E-state index is -1.34. The maximum Gasteiger partial charge on any atom is 0.424 e. The van der Waals surface area contributed by atoms with Crippen molar-refractivity contribution < 1.29 is 47.6 Å². The summed E-state index contributed by atoms with van der Waals surface area (Å²) in [5.74, 6) is -3.53. The summed E-state index contributed by atoms with van der Waals surface area (Å²) in [7, 11) is 0. The average Bonchev–Trinajstić information content (AvgIpc) is 2.97. The standard InChI is InChI=1S/C37H51FN2O9/c1-11-14-22-46-31-28(33(43)47-25-18-16-15-17-19-25)24(4)29(38)26(23-27(32(41)42)39(20-12-2)21-13-3)30(31)40(34(44)48-36(5,6)7)35(45)49-37(8,9)10/h12,15-19,27H,2,11,13-14,20-23H2,1,3-10H3,(H,41,42). The number of ether oxygens (including phenoxy) is 4. The Kier molecular flexibility index (Phi) is 14.8. The number of hydrogen-bond acceptors (Lipinski definition) is 9. The van der Waals surface area contributed by atoms with Gasteiger partial charge in [-0.15, -0.1) is 6.58 Å². The zero-order valence-electron chi connectivity index (χ0n) is 30.2. The summed E-state index contributed by atoms with van der Waals surface area (Å²) in [5, 5.41) is 10.4. The zero-order valence-corrected chi connectivity index (χ0v) is 30.2. The Hall–Kier alpha value is -4.45. The van der Waals surface area contributed by atoms with Crippen LogP contribution in [0.3, 0.4) is 0 Å². The number of para-hydroxylation sites is 1. The molecule has 2 amide bonds. The van der Waals surface area contributed by atoms with Crippen LogP contribution in [0.2, 0.25) is 0 Å². The largest absolute Gasteiger partial charge is 0.490 e. The van der Waals surface area contributed by atoms with Gasteiger partial charge < -0.3 is 24.1 Å². The molecule has 0 saturated carbocycles. The third-order valence-electron chi connectivity index (χ3n) is 6.97. The number of carboxylic acids is 1. The van der Waals surface area contributed by atoms with Gasteiger partial charge >= 0.3 is 24.1 Å². The van der Waals surface area contributed by atoms with Crippen molar-refractivity contribution in [2.45, 2.75) is 105 Å². The lowest BCUT2D eigenvalue weighted by atomic mass is 9.94. The van der Waals surface area contributed by atoms with Crippen molar-refractivity contribution >= 4 is 29.8 Å². The number of halogens is 1. The fourth-order valence-corrected chi connectivity index (χ4v) is 4.91. The van der Waals surface area contributed by atoms with Crippen LogP contribution in [0, 0.1) is 12.7 Å². The van der Waals surface area contributed by atoms with Crippen molar-refractivity contribution in [3.05, 3.63) is 65.5 Å². The summed E-state index contributed by atoms with van der Waals surface area (Å²) in [4.78, 5) is 56.8. The maximum absolute atomic E-state index is 17.0. The molecule has 2 aromatic rings. The molecular formula is C37H51FN2O9. The second-order valence-corrected chi connectivity index (χ2v) is 13.5. The SMILES string of the molecule is C=CCN(CCC)C(Cc1c(F)c(C)c(C(=O)Oc2ccccc2)c(OCCCC)c1N(C(=O)OC(C)(C)C)C(=O)OC(C)(C)C)C(=O)O. The number of benzene rings is 2. The van der Waals surface area contributed by atoms with E-state index in [0.717, 1.165) is 0 Å². The predicted octanol–water partition coefficient (Wildman–Crippen LogP) is 8.10. The van der Waals surface area contributed by atoms with Crippen LogP contribution < -0.4 is 14.4 Å². The van der Waals surface area contributed by atoms with Crippen LogP contribution in [0.15, 0.2) is 43.0 Å². The molecular weight excluding hydrogens is 635 g/mol. The van der Waals surface area contributed by atoms with Gasteiger partial charge in [-0.25, -0.2) is 18.8 Å². The van der Waals surface area contributed by atoms with Crippen molar-refractivity contribution in [3.8, 4) is 11.5 Å². The van der Waals surface area contributed by atoms with Gasteiger partial charge in [0, 0.05) is 24.1 Å². The van der Waals surface area contributed by atoms with E-state index >= 15 is 4.39 Å². The Labute approximate surface area is 289 Å². The van der Waals surface area contributed by atoms with E-state index in [9.17, 15) is 24.3 Å². The van der Waals surface area contributed by atoms with Crippen molar-refractivity contribution in [2.75, 3.05) is 24.6 Å². The number of imide groups is 1. The summed E-state index contributed by atoms with van der Waals surface area (Å²) < 4.78 is 40.0. The Morgan fingerprint density at radius 3 is 2.00 bits per heavy atom. The molecule has 0 spiro atoms. The number of unbranched alkanes of at least 4 members (excludes halogenated alkanes) is 1. The minimum absolute atomic E-state index is 0.00309. The minimum Gasteiger partial charge on any atom is -0.490 e. The lowest BCUT2D eigenvalue weighted by Crippen LogP contribution is -2.46. The average molecular weight is 687 g/mol. The van der Waals surface area contributed by atoms with Crippen molar-refractivity contribution in [3.63, 3.8) is 0 Å². The number of rotatable bonds is 15. The molecule has 1 N–H and O–H groups in total. The molecule has 0 bridgehead atoms. The smallest absolute Gasteiger partial charge is 0.424 e. The Morgan fingerprint density at radius 1 is 0.959 bits per heavy atom. The second kappa shape index (κ2) is 17.8. The van der Waals surface area contributed by atoms with E-state index in [-0.39, 0.29) is 35.8 Å². The van der Waals surface area contributed by atoms with Crippen molar-refractivity contribution in [1.82, 2.24) is 4.90 Å². The second-order valence-electron chi connectivity index (χ2n) is 13.5. The van der Waals surface area contributed by atoms with E-state index in [0.29, 0.717) is 30.7 Å². The fraction of sp³-hybridized carbons (Fsp3) is 0.514. The Morgan fingerprint density at radius 2 is 1.53 bits per heavy atom. The van der Waals surface area contributed by atoms with Crippen LogP contribution >= 0.6 is 0 Å². The normalized spacial score (nSPS) is 12.2. The number of hydrogen-bond donors (Lipinski definition) is 1. The predicted molar refractivity (Wildman–Crippen MR) is 185 cm³/mol. The highest BCUT2D eigenvalue weighted by atomic mass is 19.1. The molecule has 12 heteroatoms. The molecule has 2 rings (SSSR count). The molecule has 0 saturated heterocycles. The highest BCUT2D eigenvalue weighted by Crippen LogP contribution is 2.43. The van der Waals surface area contributed by atoms with E-state index in [1.54, 1.807) is 64.6 Å². The number of carboxylic acid groups (broad SMARTS) is 1. The first kappa shape index (κ1) is 40.7. The van der Waals surface area contributed by atoms with Crippen LogP contribution in [0.5, 0.6) is 11.5 Å². The quantitative estimate of drug-likeness (QED) is 0.0848. The molecule has 11 nitrogen and oxygen atoms in total. The molecule has 0 aliphatic heterocycles. The lowest BCUT2D eigenvalue weighted by molar-refractivity contribution is -0.143. The molecule has 0 fully saturated rings. The molecule has 0 radical (unpaired) electrons. The number of carbonyl (C=O) groups excluding carboxylic acids is 3. The van der Waals surface area contributed by atoms with E-state index < -0.39 is 64.9 Å². The summed E-state index contributed by atoms with van der Waals surface area (Å²) in [5.41, 5.74) is -3.76. The van der Waals surface area contributed by atoms with Gasteiger partial charge in [-0.05, 0) is 80.0 Å². The Balaban J connectivity index is 3.15. The Bertz CT molecular complexity index is 1450. The van der Waals surface area contributed by atoms with E-state index in [1.807, 2.05) is 13.8 Å². The first-order valence-electron chi connectivity index (χ1n) is 16.4. The number of nitrogens with zero attached hydrogens (tertiary/aromatic N) is 2. The highest BCUT2D eigenvalue weighted by molar-refractivity contribution is 6.13. The van der Waals surface area contributed by atoms with Crippen LogP contribution in [0.4, 0.5) is 19.7 Å². The molecule has 0 aliphatic carbocycles.